The third-order valence-corrected chi connectivity index (χ3v) is 12.6. The predicted molar refractivity (Wildman–Crippen MR) is 85.3 cm³/mol. The van der Waals surface area contributed by atoms with E-state index in [1.807, 2.05) is 11.4 Å². The molecule has 0 spiro atoms. The Morgan fingerprint density at radius 1 is 0.889 bits per heavy atom. The van der Waals surface area contributed by atoms with Crippen LogP contribution in [0.3, 0.4) is 0 Å². The molecule has 18 heavy (non-hydrogen) atoms. The van der Waals surface area contributed by atoms with Crippen molar-refractivity contribution < 1.29 is 12.7 Å². The van der Waals surface area contributed by atoms with E-state index in [9.17, 15) is 0 Å². The van der Waals surface area contributed by atoms with Gasteiger partial charge in [-0.2, -0.15) is 0 Å². The highest BCUT2D eigenvalue weighted by Crippen LogP contribution is 2.25. The molecule has 0 saturated carbocycles. The van der Waals surface area contributed by atoms with Crippen molar-refractivity contribution in [3.05, 3.63) is 37.2 Å². The lowest BCUT2D eigenvalue weighted by Crippen LogP contribution is -2.56. The van der Waals surface area contributed by atoms with E-state index in [4.69, 9.17) is 12.7 Å². The molecule has 0 fully saturated rings. The standard InChI is InChI=1S/C12H26O3Si3/c1-9-12-18(13-4,14-16(5,6)10-2)15-17(7,8)11-3/h9-11H,1-3,12H2,4-8H3. The van der Waals surface area contributed by atoms with Crippen molar-refractivity contribution in [2.75, 3.05) is 7.11 Å². The third-order valence-electron chi connectivity index (χ3n) is 2.53. The minimum atomic E-state index is -2.72. The zero-order valence-corrected chi connectivity index (χ0v) is 15.3. The summed E-state index contributed by atoms with van der Waals surface area (Å²) in [5.41, 5.74) is 3.78. The van der Waals surface area contributed by atoms with E-state index >= 15 is 0 Å². The first-order valence-corrected chi connectivity index (χ1v) is 13.9. The van der Waals surface area contributed by atoms with Crippen LogP contribution in [0.25, 0.3) is 0 Å². The summed E-state index contributed by atoms with van der Waals surface area (Å²) in [5.74, 6) is 0. The van der Waals surface area contributed by atoms with Crippen LogP contribution in [0.15, 0.2) is 37.2 Å². The molecule has 0 aromatic heterocycles. The van der Waals surface area contributed by atoms with Crippen molar-refractivity contribution in [2.24, 2.45) is 0 Å². The molecule has 0 saturated heterocycles. The molecule has 0 aromatic rings. The third kappa shape index (κ3) is 5.59. The molecule has 0 aliphatic rings. The Balaban J connectivity index is 5.21. The van der Waals surface area contributed by atoms with Crippen molar-refractivity contribution in [1.82, 2.24) is 0 Å². The van der Waals surface area contributed by atoms with Crippen molar-refractivity contribution in [1.29, 1.82) is 0 Å². The van der Waals surface area contributed by atoms with Gasteiger partial charge in [-0.25, -0.2) is 0 Å². The fourth-order valence-corrected chi connectivity index (χ4v) is 10.8. The molecule has 0 radical (unpaired) electrons. The molecule has 0 aromatic carbocycles. The van der Waals surface area contributed by atoms with Gasteiger partial charge >= 0.3 is 8.80 Å². The topological polar surface area (TPSA) is 27.7 Å². The highest BCUT2D eigenvalue weighted by molar-refractivity contribution is 6.89. The molecule has 0 atom stereocenters. The largest absolute Gasteiger partial charge is 0.484 e. The van der Waals surface area contributed by atoms with Crippen molar-refractivity contribution >= 4 is 25.4 Å². The van der Waals surface area contributed by atoms with Gasteiger partial charge in [0, 0.05) is 13.2 Å². The first kappa shape index (κ1) is 17.8. The summed E-state index contributed by atoms with van der Waals surface area (Å²) >= 11 is 0. The molecule has 0 aliphatic carbocycles. The molecule has 0 heterocycles. The van der Waals surface area contributed by atoms with Crippen LogP contribution in [0.2, 0.25) is 32.2 Å². The van der Waals surface area contributed by atoms with Crippen LogP contribution < -0.4 is 0 Å². The lowest BCUT2D eigenvalue weighted by atomic mass is 10.8. The zero-order chi connectivity index (χ0) is 14.4. The first-order chi connectivity index (χ1) is 8.16. The average molecular weight is 303 g/mol. The predicted octanol–water partition coefficient (Wildman–Crippen LogP) is 3.65. The van der Waals surface area contributed by atoms with E-state index < -0.39 is 25.4 Å². The van der Waals surface area contributed by atoms with Gasteiger partial charge in [-0.3, -0.25) is 0 Å². The van der Waals surface area contributed by atoms with Crippen molar-refractivity contribution in [3.8, 4) is 0 Å². The fraction of sp³-hybridized carbons (Fsp3) is 0.500. The van der Waals surface area contributed by atoms with E-state index in [1.165, 1.54) is 0 Å². The number of hydrogen-bond donors (Lipinski definition) is 0. The van der Waals surface area contributed by atoms with Crippen LogP contribution in [-0.4, -0.2) is 32.5 Å². The minimum Gasteiger partial charge on any atom is -0.412 e. The molecule has 6 heteroatoms. The number of rotatable bonds is 9. The maximum Gasteiger partial charge on any atom is 0.484 e. The van der Waals surface area contributed by atoms with Gasteiger partial charge < -0.3 is 12.7 Å². The molecule has 0 bridgehead atoms. The quantitative estimate of drug-likeness (QED) is 0.480. The Hall–Kier alpha value is -0.249. The second-order valence-corrected chi connectivity index (χ2v) is 16.2. The maximum atomic E-state index is 6.23. The summed E-state index contributed by atoms with van der Waals surface area (Å²) in [7, 11) is -5.01. The Morgan fingerprint density at radius 3 is 1.50 bits per heavy atom. The maximum absolute atomic E-state index is 6.23. The Bertz CT molecular complexity index is 292. The fourth-order valence-electron chi connectivity index (χ4n) is 1.33. The molecule has 0 aliphatic heterocycles. The second kappa shape index (κ2) is 6.78. The lowest BCUT2D eigenvalue weighted by molar-refractivity contribution is 0.205. The van der Waals surface area contributed by atoms with E-state index in [-0.39, 0.29) is 0 Å². The van der Waals surface area contributed by atoms with Gasteiger partial charge in [0.2, 0.25) is 16.6 Å². The molecular weight excluding hydrogens is 276 g/mol. The smallest absolute Gasteiger partial charge is 0.412 e. The molecule has 0 amide bonds. The summed E-state index contributed by atoms with van der Waals surface area (Å²) < 4.78 is 18.1. The van der Waals surface area contributed by atoms with Gasteiger partial charge in [0.15, 0.2) is 0 Å². The van der Waals surface area contributed by atoms with E-state index in [1.54, 1.807) is 13.2 Å². The van der Waals surface area contributed by atoms with Crippen LogP contribution in [0, 0.1) is 0 Å². The molecule has 104 valence electrons. The Labute approximate surface area is 115 Å². The minimum absolute atomic E-state index is 0.609. The van der Waals surface area contributed by atoms with Gasteiger partial charge in [0.05, 0.1) is 0 Å². The lowest BCUT2D eigenvalue weighted by Gasteiger charge is -2.38. The Kier molecular flexibility index (Phi) is 6.69. The van der Waals surface area contributed by atoms with Gasteiger partial charge in [-0.05, 0) is 26.2 Å². The van der Waals surface area contributed by atoms with Crippen molar-refractivity contribution in [3.63, 3.8) is 0 Å². The van der Waals surface area contributed by atoms with Crippen LogP contribution >= 0.6 is 0 Å². The molecule has 0 rings (SSSR count). The van der Waals surface area contributed by atoms with Gasteiger partial charge in [-0.1, -0.05) is 17.5 Å². The summed E-state index contributed by atoms with van der Waals surface area (Å²) in [6.45, 7) is 19.8. The summed E-state index contributed by atoms with van der Waals surface area (Å²) in [5, 5.41) is 0. The Morgan fingerprint density at radius 2 is 1.28 bits per heavy atom. The molecular formula is C12H26O3Si3. The van der Waals surface area contributed by atoms with E-state index in [0.29, 0.717) is 6.04 Å². The highest BCUT2D eigenvalue weighted by Gasteiger charge is 2.46. The monoisotopic (exact) mass is 302 g/mol. The summed E-state index contributed by atoms with van der Waals surface area (Å²) in [6, 6.07) is 0.609. The number of allylic oxidation sites excluding steroid dienone is 1. The first-order valence-electron chi connectivity index (χ1n) is 5.99. The van der Waals surface area contributed by atoms with Crippen LogP contribution in [0.4, 0.5) is 0 Å². The van der Waals surface area contributed by atoms with Crippen LogP contribution in [-0.2, 0) is 12.7 Å². The highest BCUT2D eigenvalue weighted by atomic mass is 28.5. The molecule has 0 unspecified atom stereocenters. The van der Waals surface area contributed by atoms with E-state index in [0.717, 1.165) is 0 Å². The summed E-state index contributed by atoms with van der Waals surface area (Å²) in [4.78, 5) is 0. The molecule has 0 N–H and O–H groups in total. The second-order valence-electron chi connectivity index (χ2n) is 5.20. The average Bonchev–Trinajstić information content (AvgIpc) is 2.28. The zero-order valence-electron chi connectivity index (χ0n) is 12.3. The van der Waals surface area contributed by atoms with Crippen LogP contribution in [0.5, 0.6) is 0 Å². The normalized spacial score (nSPS) is 13.2. The van der Waals surface area contributed by atoms with E-state index in [2.05, 4.69) is 45.9 Å². The van der Waals surface area contributed by atoms with Crippen LogP contribution in [0.1, 0.15) is 0 Å². The number of hydrogen-bond acceptors (Lipinski definition) is 3. The van der Waals surface area contributed by atoms with Crippen molar-refractivity contribution in [2.45, 2.75) is 32.2 Å². The summed E-state index contributed by atoms with van der Waals surface area (Å²) in [6.07, 6.45) is 1.80. The van der Waals surface area contributed by atoms with Gasteiger partial charge in [0.1, 0.15) is 0 Å². The molecule has 3 nitrogen and oxygen atoms in total. The van der Waals surface area contributed by atoms with Gasteiger partial charge in [0.25, 0.3) is 0 Å². The SMILES string of the molecule is C=CC[Si](OC)(O[Si](C)(C)C=C)O[Si](C)(C)C=C. The van der Waals surface area contributed by atoms with Gasteiger partial charge in [-0.15, -0.1) is 19.7 Å².